The lowest BCUT2D eigenvalue weighted by atomic mass is 10.2. The predicted molar refractivity (Wildman–Crippen MR) is 111 cm³/mol. The number of amides is 1. The Hall–Kier alpha value is -3.09. The molecule has 1 amide bonds. The predicted octanol–water partition coefficient (Wildman–Crippen LogP) is 2.89. The van der Waals surface area contributed by atoms with Crippen LogP contribution in [0.2, 0.25) is 0 Å². The van der Waals surface area contributed by atoms with Crippen molar-refractivity contribution in [2.45, 2.75) is 45.2 Å². The second-order valence-electron chi connectivity index (χ2n) is 7.71. The summed E-state index contributed by atoms with van der Waals surface area (Å²) in [5.74, 6) is 1.01. The minimum Gasteiger partial charge on any atom is -0.508 e. The lowest BCUT2D eigenvalue weighted by Crippen LogP contribution is -2.32. The lowest BCUT2D eigenvalue weighted by Gasteiger charge is -2.24. The van der Waals surface area contributed by atoms with Crippen LogP contribution >= 0.6 is 0 Å². The van der Waals surface area contributed by atoms with Crippen LogP contribution in [0, 0.1) is 6.92 Å². The number of hydrogen-bond donors (Lipinski definition) is 1. The molecule has 7 heteroatoms. The van der Waals surface area contributed by atoms with Gasteiger partial charge in [0.25, 0.3) is 5.56 Å². The standard InChI is InChI=1S/C22H26N4O3/c1-15-13-16(27)14-21(29)25(15)11-6-10-20(28)26-12-5-9-19(26)22-23-17-7-3-4-8-18(17)24(22)2/h3-4,7-8,13-14,19,27H,5-6,9-12H2,1-2H3/t19-/m0/s1. The van der Waals surface area contributed by atoms with E-state index < -0.39 is 0 Å². The van der Waals surface area contributed by atoms with Gasteiger partial charge in [-0.25, -0.2) is 4.98 Å². The quantitative estimate of drug-likeness (QED) is 0.722. The Morgan fingerprint density at radius 1 is 1.28 bits per heavy atom. The molecule has 1 aliphatic rings. The molecule has 1 N–H and O–H groups in total. The van der Waals surface area contributed by atoms with E-state index in [-0.39, 0.29) is 23.3 Å². The number of aromatic nitrogens is 3. The number of aryl methyl sites for hydroxylation is 2. The number of aromatic hydroxyl groups is 1. The molecule has 0 aliphatic carbocycles. The molecule has 29 heavy (non-hydrogen) atoms. The van der Waals surface area contributed by atoms with Crippen molar-refractivity contribution in [2.24, 2.45) is 7.05 Å². The number of hydrogen-bond acceptors (Lipinski definition) is 4. The largest absolute Gasteiger partial charge is 0.508 e. The number of carbonyl (C=O) groups is 1. The molecule has 152 valence electrons. The summed E-state index contributed by atoms with van der Waals surface area (Å²) in [4.78, 5) is 31.7. The first kappa shape index (κ1) is 19.2. The van der Waals surface area contributed by atoms with Crippen LogP contribution in [-0.4, -0.2) is 36.6 Å². The van der Waals surface area contributed by atoms with Crippen LogP contribution < -0.4 is 5.56 Å². The van der Waals surface area contributed by atoms with Gasteiger partial charge in [0.05, 0.1) is 17.1 Å². The van der Waals surface area contributed by atoms with E-state index in [2.05, 4.69) is 4.57 Å². The maximum atomic E-state index is 12.9. The van der Waals surface area contributed by atoms with Gasteiger partial charge in [0.2, 0.25) is 5.91 Å². The van der Waals surface area contributed by atoms with Crippen molar-refractivity contribution in [1.82, 2.24) is 19.0 Å². The van der Waals surface area contributed by atoms with Gasteiger partial charge >= 0.3 is 0 Å². The van der Waals surface area contributed by atoms with Gasteiger partial charge in [-0.3, -0.25) is 9.59 Å². The van der Waals surface area contributed by atoms with Crippen LogP contribution in [0.25, 0.3) is 11.0 Å². The molecule has 0 bridgehead atoms. The highest BCUT2D eigenvalue weighted by Crippen LogP contribution is 2.33. The van der Waals surface area contributed by atoms with E-state index in [1.165, 1.54) is 6.07 Å². The zero-order valence-corrected chi connectivity index (χ0v) is 16.8. The van der Waals surface area contributed by atoms with Crippen molar-refractivity contribution in [3.8, 4) is 5.75 Å². The summed E-state index contributed by atoms with van der Waals surface area (Å²) < 4.78 is 3.69. The summed E-state index contributed by atoms with van der Waals surface area (Å²) in [5, 5.41) is 9.51. The summed E-state index contributed by atoms with van der Waals surface area (Å²) in [7, 11) is 2.01. The fraction of sp³-hybridized carbons (Fsp3) is 0.409. The lowest BCUT2D eigenvalue weighted by molar-refractivity contribution is -0.132. The monoisotopic (exact) mass is 394 g/mol. The molecule has 0 saturated carbocycles. The Morgan fingerprint density at radius 3 is 2.83 bits per heavy atom. The van der Waals surface area contributed by atoms with Crippen molar-refractivity contribution in [1.29, 1.82) is 0 Å². The Morgan fingerprint density at radius 2 is 2.07 bits per heavy atom. The molecule has 1 fully saturated rings. The normalized spacial score (nSPS) is 16.6. The zero-order chi connectivity index (χ0) is 20.5. The summed E-state index contributed by atoms with van der Waals surface area (Å²) in [6, 6.07) is 10.8. The summed E-state index contributed by atoms with van der Waals surface area (Å²) >= 11 is 0. The number of fused-ring (bicyclic) bond motifs is 1. The summed E-state index contributed by atoms with van der Waals surface area (Å²) in [6.45, 7) is 2.98. The smallest absolute Gasteiger partial charge is 0.254 e. The van der Waals surface area contributed by atoms with Crippen LogP contribution in [0.15, 0.2) is 41.2 Å². The van der Waals surface area contributed by atoms with E-state index in [1.54, 1.807) is 17.6 Å². The number of benzene rings is 1. The first-order valence-electron chi connectivity index (χ1n) is 10.1. The average Bonchev–Trinajstić information content (AvgIpc) is 3.29. The number of carbonyl (C=O) groups excluding carboxylic acids is 1. The molecule has 4 rings (SSSR count). The number of imidazole rings is 1. The van der Waals surface area contributed by atoms with Gasteiger partial charge in [-0.05, 0) is 44.4 Å². The van der Waals surface area contributed by atoms with E-state index >= 15 is 0 Å². The van der Waals surface area contributed by atoms with Crippen molar-refractivity contribution in [3.63, 3.8) is 0 Å². The first-order chi connectivity index (χ1) is 14.0. The highest BCUT2D eigenvalue weighted by Gasteiger charge is 2.32. The van der Waals surface area contributed by atoms with Crippen molar-refractivity contribution in [2.75, 3.05) is 6.54 Å². The second kappa shape index (κ2) is 7.73. The van der Waals surface area contributed by atoms with E-state index in [9.17, 15) is 14.7 Å². The summed E-state index contributed by atoms with van der Waals surface area (Å²) in [5.41, 5.74) is 2.48. The molecule has 3 aromatic rings. The van der Waals surface area contributed by atoms with Gasteiger partial charge in [-0.1, -0.05) is 12.1 Å². The molecule has 0 unspecified atom stereocenters. The molecule has 2 aromatic heterocycles. The van der Waals surface area contributed by atoms with E-state index in [0.717, 1.165) is 36.2 Å². The van der Waals surface area contributed by atoms with E-state index in [0.29, 0.717) is 25.1 Å². The molecular weight excluding hydrogens is 368 g/mol. The molecule has 0 spiro atoms. The Labute approximate surface area is 169 Å². The third kappa shape index (κ3) is 3.64. The van der Waals surface area contributed by atoms with Crippen LogP contribution in [0.4, 0.5) is 0 Å². The van der Waals surface area contributed by atoms with Crippen molar-refractivity contribution < 1.29 is 9.90 Å². The van der Waals surface area contributed by atoms with E-state index in [1.807, 2.05) is 36.2 Å². The number of para-hydroxylation sites is 2. The molecule has 3 heterocycles. The van der Waals surface area contributed by atoms with Crippen LogP contribution in [-0.2, 0) is 18.4 Å². The van der Waals surface area contributed by atoms with Gasteiger partial charge in [-0.2, -0.15) is 0 Å². The minimum absolute atomic E-state index is 0.00182. The van der Waals surface area contributed by atoms with Gasteiger partial charge in [0.1, 0.15) is 11.6 Å². The summed E-state index contributed by atoms with van der Waals surface area (Å²) in [6.07, 6.45) is 2.85. The average molecular weight is 394 g/mol. The van der Waals surface area contributed by atoms with Crippen molar-refractivity contribution in [3.05, 3.63) is 58.3 Å². The Kier molecular flexibility index (Phi) is 5.13. The molecule has 0 radical (unpaired) electrons. The van der Waals surface area contributed by atoms with Crippen LogP contribution in [0.3, 0.4) is 0 Å². The maximum Gasteiger partial charge on any atom is 0.254 e. The molecule has 1 atom stereocenters. The van der Waals surface area contributed by atoms with E-state index in [4.69, 9.17) is 4.98 Å². The third-order valence-corrected chi connectivity index (χ3v) is 5.79. The highest BCUT2D eigenvalue weighted by molar-refractivity contribution is 5.78. The topological polar surface area (TPSA) is 80.4 Å². The second-order valence-corrected chi connectivity index (χ2v) is 7.71. The molecule has 1 saturated heterocycles. The van der Waals surface area contributed by atoms with Crippen LogP contribution in [0.1, 0.15) is 43.2 Å². The number of rotatable bonds is 5. The fourth-order valence-corrected chi connectivity index (χ4v) is 4.33. The van der Waals surface area contributed by atoms with Gasteiger partial charge in [0.15, 0.2) is 0 Å². The van der Waals surface area contributed by atoms with Gasteiger partial charge in [-0.15, -0.1) is 0 Å². The molecular formula is C22H26N4O3. The number of likely N-dealkylation sites (tertiary alicyclic amines) is 1. The van der Waals surface area contributed by atoms with Gasteiger partial charge < -0.3 is 19.1 Å². The zero-order valence-electron chi connectivity index (χ0n) is 16.8. The SMILES string of the molecule is Cc1cc(O)cc(=O)n1CCCC(=O)N1CCC[C@H]1c1nc2ccccc2n1C. The molecule has 1 aromatic carbocycles. The Bertz CT molecular complexity index is 1110. The molecule has 7 nitrogen and oxygen atoms in total. The number of nitrogens with zero attached hydrogens (tertiary/aromatic N) is 4. The fourth-order valence-electron chi connectivity index (χ4n) is 4.33. The molecule has 1 aliphatic heterocycles. The third-order valence-electron chi connectivity index (χ3n) is 5.79. The van der Waals surface area contributed by atoms with Crippen molar-refractivity contribution >= 4 is 16.9 Å². The number of pyridine rings is 1. The first-order valence-corrected chi connectivity index (χ1v) is 10.1. The van der Waals surface area contributed by atoms with Crippen LogP contribution in [0.5, 0.6) is 5.75 Å². The highest BCUT2D eigenvalue weighted by atomic mass is 16.3. The Balaban J connectivity index is 1.46. The van der Waals surface area contributed by atoms with Gasteiger partial charge in [0, 0.05) is 38.3 Å². The maximum absolute atomic E-state index is 12.9. The minimum atomic E-state index is -0.242.